The Balaban J connectivity index is 1.99. The summed E-state index contributed by atoms with van der Waals surface area (Å²) in [5.74, 6) is 0.714. The molecule has 0 aromatic carbocycles. The van der Waals surface area contributed by atoms with Gasteiger partial charge in [0.2, 0.25) is 0 Å². The highest BCUT2D eigenvalue weighted by atomic mass is 32.1. The molecule has 2 heterocycles. The quantitative estimate of drug-likeness (QED) is 0.889. The summed E-state index contributed by atoms with van der Waals surface area (Å²) in [7, 11) is 0. The molecule has 2 rings (SSSR count). The van der Waals surface area contributed by atoms with Crippen LogP contribution in [0, 0.1) is 5.92 Å². The van der Waals surface area contributed by atoms with Crippen LogP contribution in [0.1, 0.15) is 39.0 Å². The maximum atomic E-state index is 3.74. The summed E-state index contributed by atoms with van der Waals surface area (Å²) in [5.41, 5.74) is 0.322. The molecular weight excluding hydrogens is 252 g/mol. The Bertz CT molecular complexity index is 374. The van der Waals surface area contributed by atoms with Crippen LogP contribution in [0.2, 0.25) is 0 Å². The van der Waals surface area contributed by atoms with Gasteiger partial charge in [-0.05, 0) is 37.1 Å². The number of nitrogens with one attached hydrogen (secondary N) is 1. The zero-order valence-electron chi connectivity index (χ0n) is 12.8. The molecular formula is C16H28N2S. The molecule has 2 nitrogen and oxygen atoms in total. The summed E-state index contributed by atoms with van der Waals surface area (Å²) in [4.78, 5) is 4.23. The van der Waals surface area contributed by atoms with Crippen LogP contribution in [-0.2, 0) is 6.42 Å². The summed E-state index contributed by atoms with van der Waals surface area (Å²) in [6.45, 7) is 12.9. The van der Waals surface area contributed by atoms with Gasteiger partial charge in [0.15, 0.2) is 0 Å². The highest BCUT2D eigenvalue weighted by Gasteiger charge is 2.36. The van der Waals surface area contributed by atoms with Gasteiger partial charge in [0.05, 0.1) is 0 Å². The molecule has 0 spiro atoms. The Labute approximate surface area is 122 Å². The Morgan fingerprint density at radius 1 is 1.53 bits per heavy atom. The molecule has 3 heteroatoms. The van der Waals surface area contributed by atoms with E-state index >= 15 is 0 Å². The molecule has 0 aliphatic carbocycles. The molecule has 0 bridgehead atoms. The third-order valence-electron chi connectivity index (χ3n) is 4.70. The molecule has 0 radical (unpaired) electrons. The van der Waals surface area contributed by atoms with E-state index in [-0.39, 0.29) is 0 Å². The van der Waals surface area contributed by atoms with Gasteiger partial charge in [0.1, 0.15) is 0 Å². The summed E-state index contributed by atoms with van der Waals surface area (Å²) in [6, 6.07) is 5.06. The minimum atomic E-state index is 0.322. The molecule has 0 amide bonds. The second kappa shape index (κ2) is 6.38. The molecule has 1 aliphatic rings. The fraction of sp³-hybridized carbons (Fsp3) is 0.750. The zero-order valence-corrected chi connectivity index (χ0v) is 13.6. The van der Waals surface area contributed by atoms with E-state index < -0.39 is 0 Å². The first-order chi connectivity index (χ1) is 9.05. The third kappa shape index (κ3) is 3.59. The minimum absolute atomic E-state index is 0.322. The van der Waals surface area contributed by atoms with Crippen LogP contribution in [0.25, 0.3) is 0 Å². The Morgan fingerprint density at radius 2 is 2.32 bits per heavy atom. The minimum Gasteiger partial charge on any atom is -0.311 e. The van der Waals surface area contributed by atoms with E-state index in [1.54, 1.807) is 0 Å². The molecule has 1 aromatic rings. The van der Waals surface area contributed by atoms with Gasteiger partial charge in [-0.15, -0.1) is 11.3 Å². The van der Waals surface area contributed by atoms with Crippen LogP contribution < -0.4 is 5.32 Å². The fourth-order valence-corrected chi connectivity index (χ4v) is 3.54. The first-order valence-electron chi connectivity index (χ1n) is 7.56. The second-order valence-electron chi connectivity index (χ2n) is 6.36. The molecule has 108 valence electrons. The van der Waals surface area contributed by atoms with Crippen molar-refractivity contribution in [1.29, 1.82) is 0 Å². The maximum Gasteiger partial charge on any atom is 0.0304 e. The lowest BCUT2D eigenvalue weighted by Crippen LogP contribution is -2.64. The van der Waals surface area contributed by atoms with E-state index in [0.717, 1.165) is 6.54 Å². The molecule has 2 atom stereocenters. The number of piperazine rings is 1. The van der Waals surface area contributed by atoms with E-state index in [2.05, 4.69) is 55.4 Å². The van der Waals surface area contributed by atoms with Gasteiger partial charge in [0.25, 0.3) is 0 Å². The van der Waals surface area contributed by atoms with Gasteiger partial charge >= 0.3 is 0 Å². The van der Waals surface area contributed by atoms with E-state index in [1.165, 1.54) is 30.8 Å². The highest BCUT2D eigenvalue weighted by Crippen LogP contribution is 2.25. The number of hydrogen-bond donors (Lipinski definition) is 1. The van der Waals surface area contributed by atoms with Crippen LogP contribution in [0.3, 0.4) is 0 Å². The molecule has 19 heavy (non-hydrogen) atoms. The fourth-order valence-electron chi connectivity index (χ4n) is 2.84. The van der Waals surface area contributed by atoms with Crippen molar-refractivity contribution in [3.8, 4) is 0 Å². The van der Waals surface area contributed by atoms with E-state index in [1.807, 2.05) is 11.3 Å². The molecule has 1 N–H and O–H groups in total. The second-order valence-corrected chi connectivity index (χ2v) is 7.39. The molecule has 1 fully saturated rings. The lowest BCUT2D eigenvalue weighted by molar-refractivity contribution is 0.0399. The summed E-state index contributed by atoms with van der Waals surface area (Å²) in [5, 5.41) is 5.93. The predicted octanol–water partition coefficient (Wildman–Crippen LogP) is 3.39. The number of hydrogen-bond acceptors (Lipinski definition) is 3. The monoisotopic (exact) mass is 280 g/mol. The van der Waals surface area contributed by atoms with E-state index in [4.69, 9.17) is 0 Å². The van der Waals surface area contributed by atoms with Crippen LogP contribution >= 0.6 is 11.3 Å². The van der Waals surface area contributed by atoms with Gasteiger partial charge in [-0.25, -0.2) is 0 Å². The normalized spacial score (nSPS) is 29.0. The van der Waals surface area contributed by atoms with Crippen molar-refractivity contribution in [2.75, 3.05) is 19.6 Å². The Kier molecular flexibility index (Phi) is 5.04. The van der Waals surface area contributed by atoms with Crippen molar-refractivity contribution in [2.45, 2.75) is 52.1 Å². The maximum absolute atomic E-state index is 3.74. The first-order valence-corrected chi connectivity index (χ1v) is 8.44. The van der Waals surface area contributed by atoms with Gasteiger partial charge in [-0.3, -0.25) is 4.90 Å². The van der Waals surface area contributed by atoms with Gasteiger partial charge in [0, 0.05) is 36.1 Å². The summed E-state index contributed by atoms with van der Waals surface area (Å²) >= 11 is 1.88. The SMILES string of the molecule is CCC1(C)CNC(C(C)C)CN1CCc1cccs1. The zero-order chi connectivity index (χ0) is 13.9. The third-order valence-corrected chi connectivity index (χ3v) is 5.64. The van der Waals surface area contributed by atoms with Crippen molar-refractivity contribution in [3.63, 3.8) is 0 Å². The lowest BCUT2D eigenvalue weighted by atomic mass is 9.89. The van der Waals surface area contributed by atoms with Crippen LogP contribution in [0.15, 0.2) is 17.5 Å². The van der Waals surface area contributed by atoms with Crippen molar-refractivity contribution in [1.82, 2.24) is 10.2 Å². The van der Waals surface area contributed by atoms with Gasteiger partial charge in [-0.2, -0.15) is 0 Å². The topological polar surface area (TPSA) is 15.3 Å². The van der Waals surface area contributed by atoms with Crippen molar-refractivity contribution in [2.24, 2.45) is 5.92 Å². The standard InChI is InChI=1S/C16H28N2S/c1-5-16(4)12-17-15(13(2)3)11-18(16)9-8-14-7-6-10-19-14/h6-7,10,13,15,17H,5,8-9,11-12H2,1-4H3. The van der Waals surface area contributed by atoms with Crippen molar-refractivity contribution in [3.05, 3.63) is 22.4 Å². The molecule has 1 aromatic heterocycles. The lowest BCUT2D eigenvalue weighted by Gasteiger charge is -2.49. The Hall–Kier alpha value is -0.380. The van der Waals surface area contributed by atoms with E-state index in [9.17, 15) is 0 Å². The highest BCUT2D eigenvalue weighted by molar-refractivity contribution is 7.09. The smallest absolute Gasteiger partial charge is 0.0304 e. The van der Waals surface area contributed by atoms with Gasteiger partial charge < -0.3 is 5.32 Å². The first kappa shape index (κ1) is 15.0. The summed E-state index contributed by atoms with van der Waals surface area (Å²) in [6.07, 6.45) is 2.41. The Morgan fingerprint density at radius 3 is 2.89 bits per heavy atom. The average Bonchev–Trinajstić information content (AvgIpc) is 2.90. The predicted molar refractivity (Wildman–Crippen MR) is 84.9 cm³/mol. The van der Waals surface area contributed by atoms with Crippen LogP contribution in [-0.4, -0.2) is 36.1 Å². The van der Waals surface area contributed by atoms with Crippen molar-refractivity contribution < 1.29 is 0 Å². The van der Waals surface area contributed by atoms with Crippen LogP contribution in [0.4, 0.5) is 0 Å². The average molecular weight is 280 g/mol. The molecule has 1 aliphatic heterocycles. The molecule has 0 saturated carbocycles. The van der Waals surface area contributed by atoms with Gasteiger partial charge in [-0.1, -0.05) is 26.8 Å². The number of thiophene rings is 1. The number of nitrogens with zero attached hydrogens (tertiary/aromatic N) is 1. The van der Waals surface area contributed by atoms with E-state index in [0.29, 0.717) is 17.5 Å². The molecule has 2 unspecified atom stereocenters. The largest absolute Gasteiger partial charge is 0.311 e. The molecule has 1 saturated heterocycles. The number of rotatable bonds is 5. The van der Waals surface area contributed by atoms with Crippen molar-refractivity contribution >= 4 is 11.3 Å². The van der Waals surface area contributed by atoms with Crippen LogP contribution in [0.5, 0.6) is 0 Å². The summed E-state index contributed by atoms with van der Waals surface area (Å²) < 4.78 is 0.